The molecule has 1 aromatic rings. The van der Waals surface area contributed by atoms with Crippen molar-refractivity contribution in [1.82, 2.24) is 15.0 Å². The Balaban J connectivity index is 2.90. The van der Waals surface area contributed by atoms with Crippen molar-refractivity contribution in [3.63, 3.8) is 0 Å². The van der Waals surface area contributed by atoms with Crippen LogP contribution >= 0.6 is 11.6 Å². The van der Waals surface area contributed by atoms with Gasteiger partial charge in [-0.2, -0.15) is 20.2 Å². The molecule has 0 saturated carbocycles. The van der Waals surface area contributed by atoms with E-state index in [-0.39, 0.29) is 11.3 Å². The Labute approximate surface area is 112 Å². The van der Waals surface area contributed by atoms with E-state index in [1.807, 2.05) is 27.7 Å². The Bertz CT molecular complexity index is 451. The van der Waals surface area contributed by atoms with Crippen molar-refractivity contribution in [2.45, 2.75) is 45.7 Å². The van der Waals surface area contributed by atoms with Crippen molar-refractivity contribution in [1.29, 1.82) is 5.26 Å². The van der Waals surface area contributed by atoms with Gasteiger partial charge in [-0.05, 0) is 39.3 Å². The number of nitrogens with zero attached hydrogens (tertiary/aromatic N) is 4. The van der Waals surface area contributed by atoms with Gasteiger partial charge in [-0.3, -0.25) is 0 Å². The van der Waals surface area contributed by atoms with E-state index >= 15 is 0 Å². The predicted molar refractivity (Wildman–Crippen MR) is 71.5 cm³/mol. The van der Waals surface area contributed by atoms with Crippen molar-refractivity contribution in [3.05, 3.63) is 5.28 Å². The van der Waals surface area contributed by atoms with Gasteiger partial charge in [-0.1, -0.05) is 0 Å². The highest BCUT2D eigenvalue weighted by Gasteiger charge is 2.19. The lowest BCUT2D eigenvalue weighted by atomic mass is 10.0. The second-order valence-electron chi connectivity index (χ2n) is 4.89. The van der Waals surface area contributed by atoms with E-state index in [4.69, 9.17) is 16.9 Å². The Hall–Kier alpha value is -1.61. The summed E-state index contributed by atoms with van der Waals surface area (Å²) >= 11 is 5.83. The van der Waals surface area contributed by atoms with Crippen LogP contribution in [0, 0.1) is 11.3 Å². The van der Waals surface area contributed by atoms with Gasteiger partial charge in [0, 0.05) is 11.6 Å². The highest BCUT2D eigenvalue weighted by Crippen LogP contribution is 2.17. The fraction of sp³-hybridized carbons (Fsp3) is 0.636. The third-order valence-electron chi connectivity index (χ3n) is 2.00. The first-order valence-electron chi connectivity index (χ1n) is 5.65. The lowest BCUT2D eigenvalue weighted by molar-refractivity contribution is 0.575. The van der Waals surface area contributed by atoms with Gasteiger partial charge >= 0.3 is 0 Å². The Morgan fingerprint density at radius 3 is 2.44 bits per heavy atom. The van der Waals surface area contributed by atoms with E-state index in [9.17, 15) is 0 Å². The van der Waals surface area contributed by atoms with Crippen LogP contribution in [0.4, 0.5) is 11.9 Å². The lowest BCUT2D eigenvalue weighted by Gasteiger charge is -2.23. The number of halogens is 1. The second kappa shape index (κ2) is 5.83. The molecule has 2 N–H and O–H groups in total. The number of hydrogen-bond donors (Lipinski definition) is 2. The number of aromatic nitrogens is 3. The summed E-state index contributed by atoms with van der Waals surface area (Å²) in [6, 6.07) is 2.31. The van der Waals surface area contributed by atoms with Gasteiger partial charge in [0.1, 0.15) is 0 Å². The summed E-state index contributed by atoms with van der Waals surface area (Å²) < 4.78 is 0. The van der Waals surface area contributed by atoms with E-state index < -0.39 is 5.54 Å². The van der Waals surface area contributed by atoms with E-state index in [0.717, 1.165) is 0 Å². The lowest BCUT2D eigenvalue weighted by Crippen LogP contribution is -2.31. The van der Waals surface area contributed by atoms with Gasteiger partial charge in [0.2, 0.25) is 17.2 Å². The third-order valence-corrected chi connectivity index (χ3v) is 2.17. The molecule has 0 saturated heterocycles. The first-order chi connectivity index (χ1) is 8.32. The maximum Gasteiger partial charge on any atom is 0.229 e. The number of hydrogen-bond acceptors (Lipinski definition) is 6. The minimum atomic E-state index is -0.422. The molecule has 0 radical (unpaired) electrons. The average Bonchev–Trinajstić information content (AvgIpc) is 2.13. The normalized spacial score (nSPS) is 11.2. The zero-order valence-electron chi connectivity index (χ0n) is 11.0. The standard InChI is InChI=1S/C11H17ClN6/c1-7(2)14-9-15-8(12)16-10(17-9)18-11(3,4)5-6-13/h7H,5H2,1-4H3,(H2,14,15,16,17,18). The summed E-state index contributed by atoms with van der Waals surface area (Å²) in [5.74, 6) is 0.777. The summed E-state index contributed by atoms with van der Waals surface area (Å²) in [6.45, 7) is 7.74. The van der Waals surface area contributed by atoms with E-state index in [1.54, 1.807) is 0 Å². The van der Waals surface area contributed by atoms with Gasteiger partial charge in [-0.15, -0.1) is 0 Å². The Morgan fingerprint density at radius 2 is 1.89 bits per heavy atom. The molecule has 0 aliphatic carbocycles. The molecule has 0 bridgehead atoms. The van der Waals surface area contributed by atoms with Crippen LogP contribution < -0.4 is 10.6 Å². The van der Waals surface area contributed by atoms with Gasteiger partial charge in [0.15, 0.2) is 0 Å². The third kappa shape index (κ3) is 4.72. The van der Waals surface area contributed by atoms with Crippen molar-refractivity contribution < 1.29 is 0 Å². The van der Waals surface area contributed by atoms with E-state index in [1.165, 1.54) is 0 Å². The molecule has 0 fully saturated rings. The summed E-state index contributed by atoms with van der Waals surface area (Å²) in [5, 5.41) is 15.0. The molecule has 1 aromatic heterocycles. The van der Waals surface area contributed by atoms with Gasteiger partial charge in [-0.25, -0.2) is 0 Å². The van der Waals surface area contributed by atoms with Crippen LogP contribution in [0.2, 0.25) is 5.28 Å². The molecule has 6 nitrogen and oxygen atoms in total. The Morgan fingerprint density at radius 1 is 1.28 bits per heavy atom. The smallest absolute Gasteiger partial charge is 0.229 e. The summed E-state index contributed by atoms with van der Waals surface area (Å²) in [6.07, 6.45) is 0.337. The minimum absolute atomic E-state index is 0.114. The quantitative estimate of drug-likeness (QED) is 0.853. The van der Waals surface area contributed by atoms with Crippen LogP contribution in [0.3, 0.4) is 0 Å². The summed E-state index contributed by atoms with van der Waals surface area (Å²) in [4.78, 5) is 12.2. The SMILES string of the molecule is CC(C)Nc1nc(Cl)nc(NC(C)(C)CC#N)n1. The number of rotatable bonds is 5. The van der Waals surface area contributed by atoms with Crippen LogP contribution in [0.25, 0.3) is 0 Å². The van der Waals surface area contributed by atoms with Crippen molar-refractivity contribution in [3.8, 4) is 6.07 Å². The monoisotopic (exact) mass is 268 g/mol. The second-order valence-corrected chi connectivity index (χ2v) is 5.23. The maximum absolute atomic E-state index is 8.73. The highest BCUT2D eigenvalue weighted by molar-refractivity contribution is 6.28. The number of nitriles is 1. The largest absolute Gasteiger partial charge is 0.352 e. The molecular weight excluding hydrogens is 252 g/mol. The summed E-state index contributed by atoms with van der Waals surface area (Å²) in [5.41, 5.74) is -0.422. The molecule has 18 heavy (non-hydrogen) atoms. The molecule has 0 atom stereocenters. The van der Waals surface area contributed by atoms with E-state index in [0.29, 0.717) is 18.3 Å². The van der Waals surface area contributed by atoms with Crippen LogP contribution in [-0.4, -0.2) is 26.5 Å². The molecule has 0 aromatic carbocycles. The molecule has 0 aliphatic rings. The first-order valence-corrected chi connectivity index (χ1v) is 6.03. The Kier molecular flexibility index (Phi) is 4.68. The molecule has 0 amide bonds. The molecule has 1 rings (SSSR count). The van der Waals surface area contributed by atoms with E-state index in [2.05, 4.69) is 31.7 Å². The highest BCUT2D eigenvalue weighted by atomic mass is 35.5. The molecule has 1 heterocycles. The molecule has 0 unspecified atom stereocenters. The average molecular weight is 269 g/mol. The fourth-order valence-electron chi connectivity index (χ4n) is 1.27. The fourth-order valence-corrected chi connectivity index (χ4v) is 1.43. The molecule has 7 heteroatoms. The van der Waals surface area contributed by atoms with Gasteiger partial charge in [0.05, 0.1) is 12.5 Å². The van der Waals surface area contributed by atoms with Crippen molar-refractivity contribution in [2.75, 3.05) is 10.6 Å². The van der Waals surface area contributed by atoms with Crippen LogP contribution in [0.1, 0.15) is 34.1 Å². The molecule has 98 valence electrons. The summed E-state index contributed by atoms with van der Waals surface area (Å²) in [7, 11) is 0. The van der Waals surface area contributed by atoms with Gasteiger partial charge in [0.25, 0.3) is 0 Å². The molecule has 0 spiro atoms. The zero-order valence-corrected chi connectivity index (χ0v) is 11.7. The molecular formula is C11H17ClN6. The number of nitrogens with one attached hydrogen (secondary N) is 2. The zero-order chi connectivity index (χ0) is 13.8. The molecule has 0 aliphatic heterocycles. The first kappa shape index (κ1) is 14.5. The van der Waals surface area contributed by atoms with Crippen LogP contribution in [0.5, 0.6) is 0 Å². The topological polar surface area (TPSA) is 86.5 Å². The van der Waals surface area contributed by atoms with Crippen molar-refractivity contribution in [2.24, 2.45) is 0 Å². The predicted octanol–water partition coefficient (Wildman–Crippen LogP) is 2.45. The minimum Gasteiger partial charge on any atom is -0.352 e. The van der Waals surface area contributed by atoms with Gasteiger partial charge < -0.3 is 10.6 Å². The number of anilines is 2. The van der Waals surface area contributed by atoms with Crippen LogP contribution in [-0.2, 0) is 0 Å². The van der Waals surface area contributed by atoms with Crippen LogP contribution in [0.15, 0.2) is 0 Å². The maximum atomic E-state index is 8.73. The van der Waals surface area contributed by atoms with Crippen molar-refractivity contribution >= 4 is 23.5 Å².